The van der Waals surface area contributed by atoms with E-state index in [1.54, 1.807) is 11.5 Å². The summed E-state index contributed by atoms with van der Waals surface area (Å²) in [5.41, 5.74) is 1.24. The number of hydrogen-bond acceptors (Lipinski definition) is 3. The van der Waals surface area contributed by atoms with E-state index in [4.69, 9.17) is 0 Å². The Balaban J connectivity index is 1.86. The first-order chi connectivity index (χ1) is 5.95. The van der Waals surface area contributed by atoms with Crippen molar-refractivity contribution < 1.29 is 0 Å². The lowest BCUT2D eigenvalue weighted by Crippen LogP contribution is -2.29. The minimum atomic E-state index is 1.06. The minimum absolute atomic E-state index is 1.06. The summed E-state index contributed by atoms with van der Waals surface area (Å²) < 4.78 is 4.31. The zero-order valence-electron chi connectivity index (χ0n) is 7.20. The number of hydrogen-bond donors (Lipinski definition) is 0. The Morgan fingerprint density at radius 2 is 2.17 bits per heavy atom. The standard InChI is InChI=1S/C9H14N2S/c1-2-5-11(6-3-1)8-9-4-7-12-10-9/h4,7H,1-3,5-6,8H2. The second-order valence-corrected chi connectivity index (χ2v) is 3.99. The fourth-order valence-electron chi connectivity index (χ4n) is 1.67. The number of nitrogens with zero attached hydrogens (tertiary/aromatic N) is 2. The van der Waals surface area contributed by atoms with Gasteiger partial charge in [0.25, 0.3) is 0 Å². The Kier molecular flexibility index (Phi) is 2.74. The van der Waals surface area contributed by atoms with Crippen LogP contribution in [-0.4, -0.2) is 22.4 Å². The fraction of sp³-hybridized carbons (Fsp3) is 0.667. The van der Waals surface area contributed by atoms with Gasteiger partial charge in [-0.25, -0.2) is 0 Å². The maximum Gasteiger partial charge on any atom is 0.0682 e. The van der Waals surface area contributed by atoms with Gasteiger partial charge in [0.05, 0.1) is 5.69 Å². The molecule has 0 unspecified atom stereocenters. The summed E-state index contributed by atoms with van der Waals surface area (Å²) in [6.07, 6.45) is 4.14. The third-order valence-corrected chi connectivity index (χ3v) is 2.92. The van der Waals surface area contributed by atoms with Gasteiger partial charge in [0, 0.05) is 11.9 Å². The van der Waals surface area contributed by atoms with Gasteiger partial charge in [-0.3, -0.25) is 4.90 Å². The molecule has 1 saturated heterocycles. The van der Waals surface area contributed by atoms with Crippen LogP contribution in [0, 0.1) is 0 Å². The van der Waals surface area contributed by atoms with Gasteiger partial charge in [0.2, 0.25) is 0 Å². The average Bonchev–Trinajstić information content (AvgIpc) is 2.59. The van der Waals surface area contributed by atoms with Crippen LogP contribution in [0.1, 0.15) is 25.0 Å². The molecule has 1 aliphatic heterocycles. The van der Waals surface area contributed by atoms with E-state index in [1.165, 1.54) is 38.0 Å². The molecule has 3 heteroatoms. The monoisotopic (exact) mass is 182 g/mol. The maximum atomic E-state index is 4.31. The second kappa shape index (κ2) is 4.01. The highest BCUT2D eigenvalue weighted by molar-refractivity contribution is 7.03. The molecule has 0 radical (unpaired) electrons. The Morgan fingerprint density at radius 1 is 1.33 bits per heavy atom. The Morgan fingerprint density at radius 3 is 2.83 bits per heavy atom. The van der Waals surface area contributed by atoms with E-state index in [-0.39, 0.29) is 0 Å². The van der Waals surface area contributed by atoms with Gasteiger partial charge in [-0.1, -0.05) is 6.42 Å². The largest absolute Gasteiger partial charge is 0.297 e. The molecule has 0 bridgehead atoms. The van der Waals surface area contributed by atoms with Gasteiger partial charge in [-0.15, -0.1) is 0 Å². The highest BCUT2D eigenvalue weighted by atomic mass is 32.1. The average molecular weight is 182 g/mol. The highest BCUT2D eigenvalue weighted by Gasteiger charge is 2.10. The Labute approximate surface area is 77.4 Å². The Bertz CT molecular complexity index is 214. The van der Waals surface area contributed by atoms with Crippen LogP contribution in [-0.2, 0) is 6.54 Å². The van der Waals surface area contributed by atoms with Gasteiger partial charge < -0.3 is 0 Å². The molecule has 0 aliphatic carbocycles. The molecule has 1 aromatic rings. The second-order valence-electron chi connectivity index (χ2n) is 3.33. The molecule has 1 aromatic heterocycles. The minimum Gasteiger partial charge on any atom is -0.297 e. The van der Waals surface area contributed by atoms with E-state index in [2.05, 4.69) is 20.7 Å². The van der Waals surface area contributed by atoms with E-state index >= 15 is 0 Å². The molecule has 2 nitrogen and oxygen atoms in total. The fourth-order valence-corrected chi connectivity index (χ4v) is 2.20. The van der Waals surface area contributed by atoms with Crippen molar-refractivity contribution in [2.24, 2.45) is 0 Å². The lowest BCUT2D eigenvalue weighted by atomic mass is 10.1. The Hall–Kier alpha value is -0.410. The smallest absolute Gasteiger partial charge is 0.0682 e. The first kappa shape index (κ1) is 8.20. The van der Waals surface area contributed by atoms with Crippen LogP contribution in [0.2, 0.25) is 0 Å². The zero-order chi connectivity index (χ0) is 8.23. The third-order valence-electron chi connectivity index (χ3n) is 2.33. The SMILES string of the molecule is c1cc(CN2CCCCC2)ns1. The summed E-state index contributed by atoms with van der Waals surface area (Å²) in [5, 5.41) is 2.05. The number of aromatic nitrogens is 1. The molecular formula is C9H14N2S. The van der Waals surface area contributed by atoms with Crippen molar-refractivity contribution in [2.75, 3.05) is 13.1 Å². The number of piperidine rings is 1. The van der Waals surface area contributed by atoms with Crippen LogP contribution in [0.5, 0.6) is 0 Å². The summed E-state index contributed by atoms with van der Waals surface area (Å²) >= 11 is 1.55. The van der Waals surface area contributed by atoms with Gasteiger partial charge >= 0.3 is 0 Å². The van der Waals surface area contributed by atoms with Gasteiger partial charge in [0.15, 0.2) is 0 Å². The molecule has 0 aromatic carbocycles. The molecule has 12 heavy (non-hydrogen) atoms. The quantitative estimate of drug-likeness (QED) is 0.696. The molecule has 0 saturated carbocycles. The van der Waals surface area contributed by atoms with E-state index in [1.807, 2.05) is 0 Å². The predicted molar refractivity (Wildman–Crippen MR) is 51.2 cm³/mol. The van der Waals surface area contributed by atoms with Crippen molar-refractivity contribution in [1.29, 1.82) is 0 Å². The zero-order valence-corrected chi connectivity index (χ0v) is 8.02. The molecule has 0 N–H and O–H groups in total. The molecule has 2 heterocycles. The van der Waals surface area contributed by atoms with E-state index in [0.29, 0.717) is 0 Å². The third kappa shape index (κ3) is 2.05. The lowest BCUT2D eigenvalue weighted by Gasteiger charge is -2.25. The summed E-state index contributed by atoms with van der Waals surface area (Å²) in [7, 11) is 0. The molecule has 0 amide bonds. The number of rotatable bonds is 2. The first-order valence-corrected chi connectivity index (χ1v) is 5.40. The van der Waals surface area contributed by atoms with Crippen LogP contribution in [0.3, 0.4) is 0 Å². The summed E-state index contributed by atoms with van der Waals surface area (Å²) in [5.74, 6) is 0. The topological polar surface area (TPSA) is 16.1 Å². The molecule has 0 spiro atoms. The molecule has 1 fully saturated rings. The van der Waals surface area contributed by atoms with Gasteiger partial charge in [0.1, 0.15) is 0 Å². The van der Waals surface area contributed by atoms with Gasteiger partial charge in [-0.2, -0.15) is 4.37 Å². The van der Waals surface area contributed by atoms with Crippen LogP contribution >= 0.6 is 11.5 Å². The van der Waals surface area contributed by atoms with Crippen molar-refractivity contribution in [3.8, 4) is 0 Å². The van der Waals surface area contributed by atoms with E-state index < -0.39 is 0 Å². The summed E-state index contributed by atoms with van der Waals surface area (Å²) in [6, 6.07) is 2.12. The van der Waals surface area contributed by atoms with Crippen LogP contribution in [0.4, 0.5) is 0 Å². The molecular weight excluding hydrogens is 168 g/mol. The van der Waals surface area contributed by atoms with Crippen LogP contribution in [0.15, 0.2) is 11.4 Å². The van der Waals surface area contributed by atoms with Crippen LogP contribution < -0.4 is 0 Å². The normalized spacial score (nSPS) is 19.7. The van der Waals surface area contributed by atoms with Crippen molar-refractivity contribution >= 4 is 11.5 Å². The van der Waals surface area contributed by atoms with E-state index in [9.17, 15) is 0 Å². The molecule has 2 rings (SSSR count). The van der Waals surface area contributed by atoms with Crippen molar-refractivity contribution in [3.63, 3.8) is 0 Å². The van der Waals surface area contributed by atoms with Crippen LogP contribution in [0.25, 0.3) is 0 Å². The van der Waals surface area contributed by atoms with Gasteiger partial charge in [-0.05, 0) is 43.5 Å². The maximum absolute atomic E-state index is 4.31. The summed E-state index contributed by atoms with van der Waals surface area (Å²) in [4.78, 5) is 2.50. The van der Waals surface area contributed by atoms with Crippen molar-refractivity contribution in [2.45, 2.75) is 25.8 Å². The molecule has 66 valence electrons. The molecule has 1 aliphatic rings. The lowest BCUT2D eigenvalue weighted by molar-refractivity contribution is 0.219. The summed E-state index contributed by atoms with van der Waals surface area (Å²) in [6.45, 7) is 3.58. The predicted octanol–water partition coefficient (Wildman–Crippen LogP) is 2.13. The molecule has 0 atom stereocenters. The van der Waals surface area contributed by atoms with E-state index in [0.717, 1.165) is 6.54 Å². The van der Waals surface area contributed by atoms with Crippen molar-refractivity contribution in [1.82, 2.24) is 9.27 Å². The number of likely N-dealkylation sites (tertiary alicyclic amines) is 1. The highest BCUT2D eigenvalue weighted by Crippen LogP contribution is 2.12. The first-order valence-electron chi connectivity index (χ1n) is 4.57. The van der Waals surface area contributed by atoms with Crippen molar-refractivity contribution in [3.05, 3.63) is 17.1 Å².